The molecule has 0 saturated carbocycles. The van der Waals surface area contributed by atoms with Gasteiger partial charge in [-0.2, -0.15) is 0 Å². The van der Waals surface area contributed by atoms with Crippen LogP contribution in [0.3, 0.4) is 0 Å². The standard InChI is InChI=1S/C15H13NO3/c17-14(9-6-11-4-2-1-3-5-11)16-13-8-7-12(10-13)15(18)19/h1-5,7-8,12-13H,10H2,(H,16,17)(H,18,19). The summed E-state index contributed by atoms with van der Waals surface area (Å²) in [5, 5.41) is 11.5. The van der Waals surface area contributed by atoms with Crippen LogP contribution in [0.25, 0.3) is 0 Å². The molecule has 1 aromatic rings. The topological polar surface area (TPSA) is 66.4 Å². The fourth-order valence-electron chi connectivity index (χ4n) is 1.84. The van der Waals surface area contributed by atoms with E-state index in [1.165, 1.54) is 0 Å². The first kappa shape index (κ1) is 12.9. The largest absolute Gasteiger partial charge is 0.481 e. The molecule has 4 nitrogen and oxygen atoms in total. The van der Waals surface area contributed by atoms with Gasteiger partial charge in [0.2, 0.25) is 0 Å². The lowest BCUT2D eigenvalue weighted by Gasteiger charge is -2.08. The number of benzene rings is 1. The fourth-order valence-corrected chi connectivity index (χ4v) is 1.84. The molecule has 19 heavy (non-hydrogen) atoms. The van der Waals surface area contributed by atoms with E-state index in [4.69, 9.17) is 5.11 Å². The van der Waals surface area contributed by atoms with Gasteiger partial charge in [0.1, 0.15) is 0 Å². The predicted octanol–water partition coefficient (Wildman–Crippen LogP) is 1.18. The van der Waals surface area contributed by atoms with Crippen molar-refractivity contribution in [3.63, 3.8) is 0 Å². The number of rotatable bonds is 2. The van der Waals surface area contributed by atoms with Crippen LogP contribution in [0, 0.1) is 17.8 Å². The molecule has 0 heterocycles. The summed E-state index contributed by atoms with van der Waals surface area (Å²) in [5.74, 6) is 3.45. The molecule has 2 rings (SSSR count). The summed E-state index contributed by atoms with van der Waals surface area (Å²) in [6, 6.07) is 8.95. The van der Waals surface area contributed by atoms with Crippen molar-refractivity contribution >= 4 is 11.9 Å². The van der Waals surface area contributed by atoms with E-state index >= 15 is 0 Å². The minimum absolute atomic E-state index is 0.251. The molecule has 1 aromatic carbocycles. The van der Waals surface area contributed by atoms with Gasteiger partial charge >= 0.3 is 5.97 Å². The number of amides is 1. The molecule has 2 unspecified atom stereocenters. The van der Waals surface area contributed by atoms with E-state index in [0.29, 0.717) is 6.42 Å². The molecular formula is C15H13NO3. The van der Waals surface area contributed by atoms with Gasteiger partial charge in [0, 0.05) is 17.5 Å². The van der Waals surface area contributed by atoms with E-state index in [1.54, 1.807) is 12.2 Å². The lowest BCUT2D eigenvalue weighted by Crippen LogP contribution is -2.32. The average Bonchev–Trinajstić information content (AvgIpc) is 2.86. The summed E-state index contributed by atoms with van der Waals surface area (Å²) < 4.78 is 0. The third-order valence-corrected chi connectivity index (χ3v) is 2.81. The van der Waals surface area contributed by atoms with Gasteiger partial charge in [-0.3, -0.25) is 9.59 Å². The summed E-state index contributed by atoms with van der Waals surface area (Å²) in [6.45, 7) is 0. The van der Waals surface area contributed by atoms with Crippen LogP contribution >= 0.6 is 0 Å². The van der Waals surface area contributed by atoms with Crippen LogP contribution in [0.15, 0.2) is 42.5 Å². The van der Waals surface area contributed by atoms with Gasteiger partial charge < -0.3 is 10.4 Å². The Hall–Kier alpha value is -2.54. The zero-order chi connectivity index (χ0) is 13.7. The van der Waals surface area contributed by atoms with E-state index in [9.17, 15) is 9.59 Å². The van der Waals surface area contributed by atoms with Gasteiger partial charge in [-0.25, -0.2) is 0 Å². The van der Waals surface area contributed by atoms with Crippen molar-refractivity contribution in [2.75, 3.05) is 0 Å². The maximum Gasteiger partial charge on any atom is 0.310 e. The van der Waals surface area contributed by atoms with E-state index in [-0.39, 0.29) is 6.04 Å². The van der Waals surface area contributed by atoms with Crippen LogP contribution in [0.2, 0.25) is 0 Å². The second kappa shape index (κ2) is 5.87. The van der Waals surface area contributed by atoms with E-state index in [1.807, 2.05) is 30.3 Å². The maximum absolute atomic E-state index is 11.6. The quantitative estimate of drug-likeness (QED) is 0.616. The van der Waals surface area contributed by atoms with Crippen LogP contribution < -0.4 is 5.32 Å². The molecule has 1 aliphatic rings. The third kappa shape index (κ3) is 3.71. The highest BCUT2D eigenvalue weighted by Crippen LogP contribution is 2.17. The molecule has 0 aromatic heterocycles. The Balaban J connectivity index is 1.88. The Bertz CT molecular complexity index is 566. The smallest absolute Gasteiger partial charge is 0.310 e. The second-order valence-electron chi connectivity index (χ2n) is 4.26. The van der Waals surface area contributed by atoms with Crippen molar-refractivity contribution in [2.45, 2.75) is 12.5 Å². The molecule has 2 atom stereocenters. The van der Waals surface area contributed by atoms with Crippen molar-refractivity contribution in [2.24, 2.45) is 5.92 Å². The number of aliphatic carboxylic acids is 1. The number of carboxylic acids is 1. The van der Waals surface area contributed by atoms with Gasteiger partial charge in [0.05, 0.1) is 5.92 Å². The molecule has 1 aliphatic carbocycles. The number of hydrogen-bond donors (Lipinski definition) is 2. The van der Waals surface area contributed by atoms with Crippen LogP contribution in [0.5, 0.6) is 0 Å². The monoisotopic (exact) mass is 255 g/mol. The molecular weight excluding hydrogens is 242 g/mol. The Labute approximate surface area is 111 Å². The number of nitrogens with one attached hydrogen (secondary N) is 1. The maximum atomic E-state index is 11.6. The van der Waals surface area contributed by atoms with Gasteiger partial charge in [-0.05, 0) is 18.6 Å². The highest BCUT2D eigenvalue weighted by atomic mass is 16.4. The molecule has 4 heteroatoms. The predicted molar refractivity (Wildman–Crippen MR) is 70.1 cm³/mol. The Morgan fingerprint density at radius 3 is 2.58 bits per heavy atom. The molecule has 0 spiro atoms. The Morgan fingerprint density at radius 2 is 1.95 bits per heavy atom. The number of carbonyl (C=O) groups is 2. The highest BCUT2D eigenvalue weighted by molar-refractivity contribution is 5.94. The van der Waals surface area contributed by atoms with E-state index < -0.39 is 17.8 Å². The van der Waals surface area contributed by atoms with E-state index in [2.05, 4.69) is 17.2 Å². The zero-order valence-corrected chi connectivity index (χ0v) is 10.2. The zero-order valence-electron chi connectivity index (χ0n) is 10.2. The summed E-state index contributed by atoms with van der Waals surface area (Å²) >= 11 is 0. The molecule has 0 saturated heterocycles. The summed E-state index contributed by atoms with van der Waals surface area (Å²) in [4.78, 5) is 22.3. The Morgan fingerprint density at radius 1 is 1.21 bits per heavy atom. The number of carbonyl (C=O) groups excluding carboxylic acids is 1. The van der Waals surface area contributed by atoms with Crippen molar-refractivity contribution < 1.29 is 14.7 Å². The first-order valence-electron chi connectivity index (χ1n) is 5.94. The third-order valence-electron chi connectivity index (χ3n) is 2.81. The highest BCUT2D eigenvalue weighted by Gasteiger charge is 2.24. The van der Waals surface area contributed by atoms with Crippen molar-refractivity contribution in [3.8, 4) is 11.8 Å². The molecule has 1 amide bonds. The first-order chi connectivity index (χ1) is 9.15. The Kier molecular flexibility index (Phi) is 3.99. The van der Waals surface area contributed by atoms with Crippen LogP contribution in [0.4, 0.5) is 0 Å². The molecule has 0 aliphatic heterocycles. The van der Waals surface area contributed by atoms with Gasteiger partial charge in [0.15, 0.2) is 0 Å². The lowest BCUT2D eigenvalue weighted by atomic mass is 10.1. The summed E-state index contributed by atoms with van der Waals surface area (Å²) in [6.07, 6.45) is 3.67. The molecule has 0 fully saturated rings. The van der Waals surface area contributed by atoms with Crippen LogP contribution in [-0.4, -0.2) is 23.0 Å². The SMILES string of the molecule is O=C(C#Cc1ccccc1)NC1C=CC(C(=O)O)C1. The molecule has 0 radical (unpaired) electrons. The van der Waals surface area contributed by atoms with Crippen LogP contribution in [-0.2, 0) is 9.59 Å². The fraction of sp³-hybridized carbons (Fsp3) is 0.200. The normalized spacial score (nSPS) is 20.4. The first-order valence-corrected chi connectivity index (χ1v) is 5.94. The minimum Gasteiger partial charge on any atom is -0.481 e. The number of carboxylic acid groups (broad SMARTS) is 1. The van der Waals surface area contributed by atoms with Crippen molar-refractivity contribution in [3.05, 3.63) is 48.0 Å². The summed E-state index contributed by atoms with van der Waals surface area (Å²) in [5.41, 5.74) is 0.767. The van der Waals surface area contributed by atoms with Gasteiger partial charge in [-0.1, -0.05) is 36.3 Å². The average molecular weight is 255 g/mol. The summed E-state index contributed by atoms with van der Waals surface area (Å²) in [7, 11) is 0. The molecule has 96 valence electrons. The van der Waals surface area contributed by atoms with Crippen LogP contribution in [0.1, 0.15) is 12.0 Å². The number of hydrogen-bond acceptors (Lipinski definition) is 2. The van der Waals surface area contributed by atoms with Gasteiger partial charge in [0.25, 0.3) is 5.91 Å². The van der Waals surface area contributed by atoms with Crippen molar-refractivity contribution in [1.82, 2.24) is 5.32 Å². The van der Waals surface area contributed by atoms with Crippen molar-refractivity contribution in [1.29, 1.82) is 0 Å². The lowest BCUT2D eigenvalue weighted by molar-refractivity contribution is -0.140. The van der Waals surface area contributed by atoms with Gasteiger partial charge in [-0.15, -0.1) is 0 Å². The molecule has 0 bridgehead atoms. The van der Waals surface area contributed by atoms with E-state index in [0.717, 1.165) is 5.56 Å². The second-order valence-corrected chi connectivity index (χ2v) is 4.26. The molecule has 2 N–H and O–H groups in total. The minimum atomic E-state index is -0.872.